The van der Waals surface area contributed by atoms with Crippen molar-refractivity contribution < 1.29 is 48.3 Å². The summed E-state index contributed by atoms with van der Waals surface area (Å²) >= 11 is 0. The first-order valence-corrected chi connectivity index (χ1v) is 24.7. The number of aromatic amines is 1. The average Bonchev–Trinajstić information content (AvgIpc) is 3.76. The van der Waals surface area contributed by atoms with Gasteiger partial charge in [0, 0.05) is 56.5 Å². The zero-order valence-corrected chi connectivity index (χ0v) is 42.2. The number of nitrogens with two attached hydrogens (primary N) is 5. The van der Waals surface area contributed by atoms with Gasteiger partial charge in [-0.05, 0) is 62.6 Å². The highest BCUT2D eigenvalue weighted by Gasteiger charge is 2.36. The smallest absolute Gasteiger partial charge is 0.245 e. The van der Waals surface area contributed by atoms with E-state index in [0.29, 0.717) is 30.4 Å². The highest BCUT2D eigenvalue weighted by Crippen LogP contribution is 2.20. The second-order valence-corrected chi connectivity index (χ2v) is 18.2. The second kappa shape index (κ2) is 30.0. The molecule has 1 fully saturated rings. The summed E-state index contributed by atoms with van der Waals surface area (Å²) in [6.07, 6.45) is 0.639. The van der Waals surface area contributed by atoms with Gasteiger partial charge >= 0.3 is 0 Å². The van der Waals surface area contributed by atoms with E-state index in [2.05, 4.69) is 57.5 Å². The normalized spacial score (nSPS) is 21.7. The summed E-state index contributed by atoms with van der Waals surface area (Å²) in [7, 11) is 0. The van der Waals surface area contributed by atoms with E-state index in [1.54, 1.807) is 36.5 Å². The van der Waals surface area contributed by atoms with Crippen LogP contribution in [-0.4, -0.2) is 143 Å². The highest BCUT2D eigenvalue weighted by atomic mass is 16.3. The van der Waals surface area contributed by atoms with Crippen LogP contribution in [0, 0.1) is 0 Å². The summed E-state index contributed by atoms with van der Waals surface area (Å²) in [5, 5.41) is 32.6. The lowest BCUT2D eigenvalue weighted by atomic mass is 10.0. The van der Waals surface area contributed by atoms with Gasteiger partial charge in [0.1, 0.15) is 42.3 Å². The Morgan fingerprint density at radius 3 is 2.00 bits per heavy atom. The molecular formula is C49H72N16O10. The van der Waals surface area contributed by atoms with Crippen molar-refractivity contribution in [1.29, 1.82) is 0 Å². The van der Waals surface area contributed by atoms with Crippen LogP contribution in [-0.2, 0) is 56.0 Å². The number of aliphatic imine (C=N–C) groups is 2. The molecule has 4 rings (SSSR count). The fourth-order valence-corrected chi connectivity index (χ4v) is 8.22. The van der Waals surface area contributed by atoms with Crippen LogP contribution in [0.4, 0.5) is 0 Å². The lowest BCUT2D eigenvalue weighted by Crippen LogP contribution is -2.62. The molecule has 8 atom stereocenters. The van der Waals surface area contributed by atoms with Crippen LogP contribution in [0.2, 0.25) is 0 Å². The van der Waals surface area contributed by atoms with Gasteiger partial charge in [0.05, 0.1) is 12.5 Å². The number of rotatable bonds is 17. The number of guanidine groups is 2. The Hall–Kier alpha value is -8.29. The van der Waals surface area contributed by atoms with E-state index in [1.165, 1.54) is 13.8 Å². The van der Waals surface area contributed by atoms with E-state index < -0.39 is 108 Å². The van der Waals surface area contributed by atoms with E-state index in [0.717, 1.165) is 10.9 Å². The zero-order chi connectivity index (χ0) is 55.0. The third-order valence-electron chi connectivity index (χ3n) is 12.1. The molecule has 3 aromatic rings. The number of carbonyl (C=O) groups excluding carboxylic acids is 9. The summed E-state index contributed by atoms with van der Waals surface area (Å²) in [4.78, 5) is 135. The summed E-state index contributed by atoms with van der Waals surface area (Å²) < 4.78 is 0. The van der Waals surface area contributed by atoms with E-state index in [-0.39, 0.29) is 76.5 Å². The first-order chi connectivity index (χ1) is 35.7. The van der Waals surface area contributed by atoms with Crippen molar-refractivity contribution in [2.24, 2.45) is 38.7 Å². The minimum Gasteiger partial charge on any atom is -0.391 e. The van der Waals surface area contributed by atoms with Crippen LogP contribution in [0.25, 0.3) is 10.9 Å². The number of carbonyl (C=O) groups is 9. The van der Waals surface area contributed by atoms with Crippen LogP contribution in [0.5, 0.6) is 0 Å². The second-order valence-electron chi connectivity index (χ2n) is 18.2. The molecule has 0 radical (unpaired) electrons. The van der Waals surface area contributed by atoms with E-state index in [4.69, 9.17) is 28.7 Å². The number of aliphatic hydroxyl groups excluding tert-OH is 1. The van der Waals surface area contributed by atoms with E-state index in [1.807, 2.05) is 24.3 Å². The third kappa shape index (κ3) is 20.3. The Morgan fingerprint density at radius 2 is 1.33 bits per heavy atom. The van der Waals surface area contributed by atoms with Crippen LogP contribution in [0.15, 0.2) is 70.8 Å². The molecule has 26 heteroatoms. The van der Waals surface area contributed by atoms with Gasteiger partial charge in [-0.2, -0.15) is 0 Å². The number of hydrogen-bond donors (Lipinski definition) is 15. The van der Waals surface area contributed by atoms with Crippen molar-refractivity contribution in [3.8, 4) is 0 Å². The number of fused-ring (bicyclic) bond motifs is 1. The average molecular weight is 1050 g/mol. The Bertz CT molecular complexity index is 2510. The van der Waals surface area contributed by atoms with Crippen molar-refractivity contribution >= 4 is 76.0 Å². The lowest BCUT2D eigenvalue weighted by molar-refractivity contribution is -0.137. The van der Waals surface area contributed by atoms with Gasteiger partial charge < -0.3 is 81.3 Å². The Kier molecular flexibility index (Phi) is 23.7. The lowest BCUT2D eigenvalue weighted by Gasteiger charge is -2.29. The Balaban J connectivity index is 1.75. The molecule has 0 unspecified atom stereocenters. The standard InChI is InChI=1S/C49H72N16O10/c1-27(66)40-47(75)64-36(23-29-13-5-3-6-14-29)44(72)61-35(19-12-22-57-49(53)54)43(71)62-37(24-30-26-58-32-16-9-8-15-31(30)32)45(73)60-33(41(50)69)17-7-4-10-20-55-39(68)25-38(46(74)65-40)63-42(70)34(59-28(2)67)18-11-21-56-48(51)52/h3,5-6,8-9,13-16,26-27,33-38,40,58,66H,4,7,10-12,17-25H2,1-2H3,(H2,50,69)(H,55,68)(H,59,67)(H,60,73)(H,61,72)(H,62,71)(H,63,70)(H,64,75)(H,65,74)(H4,51,52,56)(H4,53,54,57)/t27-,33+,34+,35+,36-,37+,38+,40-/m1/s1. The van der Waals surface area contributed by atoms with Gasteiger partial charge in [-0.1, -0.05) is 61.4 Å². The molecule has 2 heterocycles. The predicted molar refractivity (Wildman–Crippen MR) is 278 cm³/mol. The fourth-order valence-electron chi connectivity index (χ4n) is 8.22. The molecule has 9 amide bonds. The zero-order valence-electron chi connectivity index (χ0n) is 42.2. The third-order valence-corrected chi connectivity index (χ3v) is 12.1. The van der Waals surface area contributed by atoms with E-state index >= 15 is 0 Å². The summed E-state index contributed by atoms with van der Waals surface area (Å²) in [5.74, 6) is -8.02. The molecule has 0 aliphatic carbocycles. The minimum atomic E-state index is -1.80. The highest BCUT2D eigenvalue weighted by molar-refractivity contribution is 5.99. The van der Waals surface area contributed by atoms with Gasteiger partial charge in [-0.15, -0.1) is 0 Å². The van der Waals surface area contributed by atoms with Gasteiger partial charge in [-0.25, -0.2) is 0 Å². The van der Waals surface area contributed by atoms with Crippen LogP contribution in [0.3, 0.4) is 0 Å². The number of hydrogen-bond acceptors (Lipinski definition) is 12. The number of para-hydroxylation sites is 1. The summed E-state index contributed by atoms with van der Waals surface area (Å²) in [6, 6.07) is 5.68. The van der Waals surface area contributed by atoms with Crippen molar-refractivity contribution in [3.05, 3.63) is 71.9 Å². The molecule has 20 N–H and O–H groups in total. The summed E-state index contributed by atoms with van der Waals surface area (Å²) in [5.41, 5.74) is 29.7. The quantitative estimate of drug-likeness (QED) is 0.0353. The van der Waals surface area contributed by atoms with Gasteiger partial charge in [-0.3, -0.25) is 53.1 Å². The van der Waals surface area contributed by atoms with Gasteiger partial charge in [0.15, 0.2) is 11.9 Å². The summed E-state index contributed by atoms with van der Waals surface area (Å²) in [6.45, 7) is 2.59. The maximum Gasteiger partial charge on any atom is 0.245 e. The number of aromatic nitrogens is 1. The molecule has 0 spiro atoms. The van der Waals surface area contributed by atoms with Crippen molar-refractivity contribution in [3.63, 3.8) is 0 Å². The molecular weight excluding hydrogens is 973 g/mol. The minimum absolute atomic E-state index is 0.0109. The van der Waals surface area contributed by atoms with Crippen molar-refractivity contribution in [2.45, 2.75) is 133 Å². The molecule has 0 saturated carbocycles. The first-order valence-electron chi connectivity index (χ1n) is 24.7. The van der Waals surface area contributed by atoms with E-state index in [9.17, 15) is 48.3 Å². The molecule has 75 heavy (non-hydrogen) atoms. The maximum absolute atomic E-state index is 14.6. The monoisotopic (exact) mass is 1040 g/mol. The fraction of sp³-hybridized carbons (Fsp3) is 0.490. The van der Waals surface area contributed by atoms with Crippen LogP contribution < -0.4 is 71.2 Å². The molecule has 408 valence electrons. The number of nitrogens with one attached hydrogen (secondary N) is 9. The molecule has 1 saturated heterocycles. The molecule has 26 nitrogen and oxygen atoms in total. The Labute approximate surface area is 433 Å². The topological polar surface area (TPSA) is 441 Å². The van der Waals surface area contributed by atoms with Crippen LogP contribution in [0.1, 0.15) is 82.8 Å². The molecule has 1 aromatic heterocycles. The Morgan fingerprint density at radius 1 is 0.720 bits per heavy atom. The molecule has 0 bridgehead atoms. The van der Waals surface area contributed by atoms with Gasteiger partial charge in [0.2, 0.25) is 53.2 Å². The maximum atomic E-state index is 14.6. The molecule has 1 aliphatic rings. The number of primary amides is 1. The van der Waals surface area contributed by atoms with Crippen molar-refractivity contribution in [2.75, 3.05) is 19.6 Å². The number of benzene rings is 2. The van der Waals surface area contributed by atoms with Gasteiger partial charge in [0.25, 0.3) is 0 Å². The number of aliphatic hydroxyl groups is 1. The van der Waals surface area contributed by atoms with Crippen molar-refractivity contribution in [1.82, 2.24) is 47.5 Å². The largest absolute Gasteiger partial charge is 0.391 e. The predicted octanol–water partition coefficient (Wildman–Crippen LogP) is -3.58. The first kappa shape index (κ1) is 59.3. The number of nitrogens with zero attached hydrogens (tertiary/aromatic N) is 2. The number of amides is 9. The molecule has 2 aromatic carbocycles. The number of H-pyrrole nitrogens is 1. The SMILES string of the molecule is CC(=O)N[C@@H](CCCN=C(N)N)C(=O)N[C@H]1CC(=O)NCCCCC[C@@H](C(N)=O)NC(=O)[C@H](Cc2c[nH]c3ccccc23)NC(=O)[C@H](CCCN=C(N)N)NC(=O)[C@@H](Cc2ccccc2)NC(=O)[C@@H]([C@@H](C)O)NC1=O. The van der Waals surface area contributed by atoms with Crippen LogP contribution >= 0.6 is 0 Å². The molecule has 1 aliphatic heterocycles.